The van der Waals surface area contributed by atoms with Crippen LogP contribution in [0.2, 0.25) is 0 Å². The Morgan fingerprint density at radius 2 is 1.78 bits per heavy atom. The molecule has 0 saturated heterocycles. The molecule has 41 heavy (non-hydrogen) atoms. The van der Waals surface area contributed by atoms with Gasteiger partial charge in [-0.25, -0.2) is 17.8 Å². The molecule has 0 spiro atoms. The van der Waals surface area contributed by atoms with Crippen LogP contribution in [-0.4, -0.2) is 56.6 Å². The number of nitrogens with one attached hydrogen (secondary N) is 3. The summed E-state index contributed by atoms with van der Waals surface area (Å²) in [6.07, 6.45) is 8.36. The number of sulfone groups is 1. The summed E-state index contributed by atoms with van der Waals surface area (Å²) < 4.78 is 37.9. The molecule has 9 nitrogen and oxygen atoms in total. The minimum Gasteiger partial charge on any atom is -0.382 e. The topological polar surface area (TPSA) is 129 Å². The van der Waals surface area contributed by atoms with Crippen LogP contribution in [0.15, 0.2) is 67.3 Å². The van der Waals surface area contributed by atoms with Gasteiger partial charge in [0.25, 0.3) is 0 Å². The van der Waals surface area contributed by atoms with E-state index in [4.69, 9.17) is 4.98 Å². The lowest BCUT2D eigenvalue weighted by molar-refractivity contribution is 0.600. The summed E-state index contributed by atoms with van der Waals surface area (Å²) in [5.74, 6) is -0.487. The monoisotopic (exact) mass is 569 g/mol. The van der Waals surface area contributed by atoms with Gasteiger partial charge in [0.15, 0.2) is 0 Å². The number of H-pyrrole nitrogens is 2. The van der Waals surface area contributed by atoms with E-state index in [1.54, 1.807) is 24.8 Å². The third kappa shape index (κ3) is 5.66. The molecule has 0 bridgehead atoms. The Morgan fingerprint density at radius 3 is 2.59 bits per heavy atom. The average molecular weight is 570 g/mol. The van der Waals surface area contributed by atoms with Gasteiger partial charge in [0.05, 0.1) is 40.1 Å². The molecule has 0 unspecified atom stereocenters. The molecule has 0 aliphatic rings. The predicted octanol–water partition coefficient (Wildman–Crippen LogP) is 5.78. The first-order chi connectivity index (χ1) is 19.6. The van der Waals surface area contributed by atoms with Crippen molar-refractivity contribution in [1.82, 2.24) is 30.1 Å². The van der Waals surface area contributed by atoms with E-state index < -0.39 is 15.7 Å². The molecular weight excluding hydrogens is 541 g/mol. The lowest BCUT2D eigenvalue weighted by Gasteiger charge is -2.10. The number of halogens is 1. The highest BCUT2D eigenvalue weighted by Crippen LogP contribution is 2.34. The zero-order chi connectivity index (χ0) is 28.7. The van der Waals surface area contributed by atoms with Crippen molar-refractivity contribution in [1.29, 1.82) is 0 Å². The summed E-state index contributed by atoms with van der Waals surface area (Å²) in [7, 11) is -3.18. The smallest absolute Gasteiger partial charge is 0.147 e. The highest BCUT2D eigenvalue weighted by molar-refractivity contribution is 7.90. The summed E-state index contributed by atoms with van der Waals surface area (Å²) in [5, 5.41) is 11.8. The number of pyridine rings is 3. The van der Waals surface area contributed by atoms with Gasteiger partial charge in [0.2, 0.25) is 0 Å². The number of hydrogen-bond acceptors (Lipinski definition) is 7. The molecule has 6 rings (SSSR count). The first kappa shape index (κ1) is 26.6. The van der Waals surface area contributed by atoms with E-state index in [9.17, 15) is 12.8 Å². The van der Waals surface area contributed by atoms with Gasteiger partial charge in [-0.15, -0.1) is 0 Å². The molecule has 11 heteroatoms. The normalized spacial score (nSPS) is 12.0. The van der Waals surface area contributed by atoms with Crippen LogP contribution in [0.4, 0.5) is 10.1 Å². The molecule has 3 N–H and O–H groups in total. The van der Waals surface area contributed by atoms with Crippen LogP contribution >= 0.6 is 0 Å². The van der Waals surface area contributed by atoms with Crippen LogP contribution in [0, 0.1) is 5.82 Å². The van der Waals surface area contributed by atoms with Crippen LogP contribution in [0.1, 0.15) is 19.4 Å². The van der Waals surface area contributed by atoms with Gasteiger partial charge >= 0.3 is 0 Å². The number of rotatable bonds is 8. The SMILES string of the molecule is CC(C)Nc1cncc(-c2ccc3[nH]nc(-c4cc5c(-c6cc(F)cc(CCS(C)(=O)=O)c6)cncc5[nH]4)c3n2)c1. The molecule has 0 saturated carbocycles. The standard InChI is InChI=1S/C30H28FN7O2S/c1-17(2)34-22-11-20(13-32-14-22)25-4-5-26-29(36-25)30(38-37-26)27-12-23-24(15-33-16-28(23)35-27)19-8-18(9-21(31)10-19)6-7-41(3,39)40/h4-5,8-17,34-35H,6-7H2,1-3H3,(H,37,38). The minimum atomic E-state index is -3.18. The van der Waals surface area contributed by atoms with E-state index in [1.165, 1.54) is 18.4 Å². The van der Waals surface area contributed by atoms with Gasteiger partial charge in [0.1, 0.15) is 26.9 Å². The van der Waals surface area contributed by atoms with Crippen molar-refractivity contribution in [3.63, 3.8) is 0 Å². The molecule has 0 atom stereocenters. The molecule has 0 aliphatic heterocycles. The zero-order valence-electron chi connectivity index (χ0n) is 22.7. The summed E-state index contributed by atoms with van der Waals surface area (Å²) in [6.45, 7) is 4.14. The Balaban J connectivity index is 1.40. The number of aryl methyl sites for hydroxylation is 1. The number of aromatic amines is 2. The second kappa shape index (κ2) is 10.4. The second-order valence-corrected chi connectivity index (χ2v) is 12.7. The molecule has 208 valence electrons. The fraction of sp³-hybridized carbons (Fsp3) is 0.200. The van der Waals surface area contributed by atoms with Crippen molar-refractivity contribution in [2.75, 3.05) is 17.3 Å². The molecule has 5 heterocycles. The Hall–Kier alpha value is -4.64. The summed E-state index contributed by atoms with van der Waals surface area (Å²) in [4.78, 5) is 17.0. The average Bonchev–Trinajstić information content (AvgIpc) is 3.54. The van der Waals surface area contributed by atoms with Crippen LogP contribution in [0.5, 0.6) is 0 Å². The summed E-state index contributed by atoms with van der Waals surface area (Å²) >= 11 is 0. The largest absolute Gasteiger partial charge is 0.382 e. The van der Waals surface area contributed by atoms with E-state index in [2.05, 4.69) is 44.3 Å². The maximum Gasteiger partial charge on any atom is 0.147 e. The molecule has 0 amide bonds. The quantitative estimate of drug-likeness (QED) is 0.212. The first-order valence-electron chi connectivity index (χ1n) is 13.1. The summed E-state index contributed by atoms with van der Waals surface area (Å²) in [6, 6.07) is 12.7. The third-order valence-electron chi connectivity index (χ3n) is 6.73. The zero-order valence-corrected chi connectivity index (χ0v) is 23.6. The molecule has 0 radical (unpaired) electrons. The third-order valence-corrected chi connectivity index (χ3v) is 7.67. The van der Waals surface area contributed by atoms with Crippen LogP contribution in [0.3, 0.4) is 0 Å². The minimum absolute atomic E-state index is 0.0531. The Bertz CT molecular complexity index is 2010. The molecule has 5 aromatic heterocycles. The van der Waals surface area contributed by atoms with Gasteiger partial charge in [-0.2, -0.15) is 5.10 Å². The van der Waals surface area contributed by atoms with Gasteiger partial charge in [-0.3, -0.25) is 15.1 Å². The van der Waals surface area contributed by atoms with Crippen LogP contribution < -0.4 is 5.32 Å². The predicted molar refractivity (Wildman–Crippen MR) is 160 cm³/mol. The van der Waals surface area contributed by atoms with E-state index in [-0.39, 0.29) is 18.2 Å². The molecular formula is C30H28FN7O2S. The summed E-state index contributed by atoms with van der Waals surface area (Å²) in [5.41, 5.74) is 8.11. The Morgan fingerprint density at radius 1 is 0.951 bits per heavy atom. The molecule has 1 aromatic carbocycles. The van der Waals surface area contributed by atoms with E-state index in [1.807, 2.05) is 30.3 Å². The lowest BCUT2D eigenvalue weighted by atomic mass is 10.0. The van der Waals surface area contributed by atoms with E-state index in [0.29, 0.717) is 22.3 Å². The number of nitrogens with zero attached hydrogens (tertiary/aromatic N) is 4. The fourth-order valence-electron chi connectivity index (χ4n) is 4.90. The van der Waals surface area contributed by atoms with Crippen molar-refractivity contribution in [3.05, 3.63) is 78.6 Å². The van der Waals surface area contributed by atoms with E-state index >= 15 is 0 Å². The van der Waals surface area contributed by atoms with Crippen LogP contribution in [-0.2, 0) is 16.3 Å². The number of fused-ring (bicyclic) bond motifs is 2. The number of benzene rings is 1. The van der Waals surface area contributed by atoms with Gasteiger partial charge in [-0.1, -0.05) is 6.07 Å². The second-order valence-electron chi connectivity index (χ2n) is 10.5. The van der Waals surface area contributed by atoms with Gasteiger partial charge < -0.3 is 10.3 Å². The van der Waals surface area contributed by atoms with Crippen LogP contribution in [0.25, 0.3) is 55.7 Å². The maximum absolute atomic E-state index is 14.6. The number of hydrogen-bond donors (Lipinski definition) is 3. The Labute approximate surface area is 236 Å². The van der Waals surface area contributed by atoms with Gasteiger partial charge in [-0.05, 0) is 67.8 Å². The first-order valence-corrected chi connectivity index (χ1v) is 15.2. The van der Waals surface area contributed by atoms with E-state index in [0.717, 1.165) is 44.6 Å². The highest BCUT2D eigenvalue weighted by atomic mass is 32.2. The molecule has 0 aliphatic carbocycles. The van der Waals surface area contributed by atoms with Gasteiger partial charge in [0, 0.05) is 47.4 Å². The van der Waals surface area contributed by atoms with Crippen molar-refractivity contribution in [3.8, 4) is 33.8 Å². The van der Waals surface area contributed by atoms with Crippen molar-refractivity contribution < 1.29 is 12.8 Å². The van der Waals surface area contributed by atoms with Crippen molar-refractivity contribution in [2.45, 2.75) is 26.3 Å². The lowest BCUT2D eigenvalue weighted by Crippen LogP contribution is -2.09. The molecule has 6 aromatic rings. The Kier molecular flexibility index (Phi) is 6.74. The maximum atomic E-state index is 14.6. The van der Waals surface area contributed by atoms with Crippen molar-refractivity contribution >= 4 is 37.5 Å². The van der Waals surface area contributed by atoms with Crippen molar-refractivity contribution in [2.24, 2.45) is 0 Å². The number of aromatic nitrogens is 6. The highest BCUT2D eigenvalue weighted by Gasteiger charge is 2.17. The fourth-order valence-corrected chi connectivity index (χ4v) is 5.51. The molecule has 0 fully saturated rings. The number of anilines is 1.